The van der Waals surface area contributed by atoms with Gasteiger partial charge in [0.15, 0.2) is 0 Å². The summed E-state index contributed by atoms with van der Waals surface area (Å²) in [6, 6.07) is 0.265. The highest BCUT2D eigenvalue weighted by Crippen LogP contribution is 2.32. The second kappa shape index (κ2) is 8.08. The first-order valence-electron chi connectivity index (χ1n) is 7.46. The van der Waals surface area contributed by atoms with Gasteiger partial charge in [0.05, 0.1) is 24.9 Å². The molecule has 0 bridgehead atoms. The minimum atomic E-state index is 0.265. The molecule has 2 atom stereocenters. The Morgan fingerprint density at radius 3 is 2.75 bits per heavy atom. The van der Waals surface area contributed by atoms with Crippen LogP contribution in [0.15, 0.2) is 0 Å². The molecule has 2 rings (SSSR count). The molecule has 1 aromatic heterocycles. The molecule has 2 unspecified atom stereocenters. The van der Waals surface area contributed by atoms with Crippen LogP contribution >= 0.6 is 11.3 Å². The molecule has 0 saturated heterocycles. The van der Waals surface area contributed by atoms with E-state index >= 15 is 0 Å². The van der Waals surface area contributed by atoms with E-state index in [0.717, 1.165) is 26.2 Å². The summed E-state index contributed by atoms with van der Waals surface area (Å²) in [5, 5.41) is 4.79. The lowest BCUT2D eigenvalue weighted by Gasteiger charge is -2.22. The quantitative estimate of drug-likeness (QED) is 0.749. The molecule has 114 valence electrons. The smallest absolute Gasteiger partial charge is 0.110 e. The Morgan fingerprint density at radius 2 is 2.05 bits per heavy atom. The molecular weight excluding hydrogens is 272 g/mol. The van der Waals surface area contributed by atoms with Gasteiger partial charge in [0.25, 0.3) is 0 Å². The van der Waals surface area contributed by atoms with Crippen molar-refractivity contribution < 1.29 is 9.47 Å². The Balaban J connectivity index is 2.09. The molecule has 0 fully saturated rings. The minimum absolute atomic E-state index is 0.265. The number of aromatic nitrogens is 1. The minimum Gasteiger partial charge on any atom is -0.384 e. The first kappa shape index (κ1) is 15.9. The van der Waals surface area contributed by atoms with Crippen LogP contribution < -0.4 is 5.32 Å². The van der Waals surface area contributed by atoms with Gasteiger partial charge in [-0.3, -0.25) is 0 Å². The second-order valence-electron chi connectivity index (χ2n) is 5.49. The Bertz CT molecular complexity index is 385. The van der Waals surface area contributed by atoms with Crippen molar-refractivity contribution in [2.45, 2.75) is 38.6 Å². The summed E-state index contributed by atoms with van der Waals surface area (Å²) in [5.41, 5.74) is 1.33. The fraction of sp³-hybridized carbons (Fsp3) is 0.800. The van der Waals surface area contributed by atoms with E-state index < -0.39 is 0 Å². The fourth-order valence-corrected chi connectivity index (χ4v) is 4.08. The molecule has 0 spiro atoms. The third-order valence-electron chi connectivity index (χ3n) is 3.80. The summed E-state index contributed by atoms with van der Waals surface area (Å²) in [5.74, 6) is 0.407. The number of methoxy groups -OCH3 is 2. The van der Waals surface area contributed by atoms with Crippen molar-refractivity contribution in [3.05, 3.63) is 15.6 Å². The summed E-state index contributed by atoms with van der Waals surface area (Å²) in [6.45, 7) is 4.53. The number of aryl methyl sites for hydroxylation is 2. The van der Waals surface area contributed by atoms with Gasteiger partial charge >= 0.3 is 0 Å². The maximum absolute atomic E-state index is 5.32. The van der Waals surface area contributed by atoms with Crippen molar-refractivity contribution in [3.8, 4) is 0 Å². The van der Waals surface area contributed by atoms with Gasteiger partial charge in [0.1, 0.15) is 5.01 Å². The van der Waals surface area contributed by atoms with Crippen LogP contribution in [-0.2, 0) is 22.3 Å². The monoisotopic (exact) mass is 298 g/mol. The molecule has 1 aliphatic rings. The lowest BCUT2D eigenvalue weighted by atomic mass is 10.0. The summed E-state index contributed by atoms with van der Waals surface area (Å²) < 4.78 is 10.5. The van der Waals surface area contributed by atoms with Gasteiger partial charge in [-0.15, -0.1) is 11.3 Å². The van der Waals surface area contributed by atoms with Crippen molar-refractivity contribution in [2.75, 3.05) is 34.0 Å². The molecule has 1 N–H and O–H groups in total. The zero-order valence-corrected chi connectivity index (χ0v) is 13.6. The Kier molecular flexibility index (Phi) is 6.42. The van der Waals surface area contributed by atoms with Crippen molar-refractivity contribution >= 4 is 11.3 Å². The number of nitrogens with zero attached hydrogens (tertiary/aromatic N) is 1. The molecule has 0 radical (unpaired) electrons. The van der Waals surface area contributed by atoms with Crippen LogP contribution in [0, 0.1) is 5.92 Å². The molecule has 1 aliphatic carbocycles. The molecule has 4 nitrogen and oxygen atoms in total. The standard InChI is InChI=1S/C15H26N2O2S/c1-11(10-19-3)14(16-8-9-18-2)15-17-12-6-4-5-7-13(12)20-15/h11,14,16H,4-10H2,1-3H3. The maximum Gasteiger partial charge on any atom is 0.110 e. The van der Waals surface area contributed by atoms with E-state index in [9.17, 15) is 0 Å². The predicted molar refractivity (Wildman–Crippen MR) is 82.4 cm³/mol. The number of rotatable bonds is 8. The van der Waals surface area contributed by atoms with Gasteiger partial charge in [-0.2, -0.15) is 0 Å². The zero-order chi connectivity index (χ0) is 14.4. The van der Waals surface area contributed by atoms with Gasteiger partial charge in [-0.05, 0) is 25.7 Å². The largest absolute Gasteiger partial charge is 0.384 e. The number of ether oxygens (including phenoxy) is 2. The lowest BCUT2D eigenvalue weighted by Crippen LogP contribution is -2.31. The van der Waals surface area contributed by atoms with E-state index in [4.69, 9.17) is 14.5 Å². The third kappa shape index (κ3) is 4.01. The first-order chi connectivity index (χ1) is 9.76. The maximum atomic E-state index is 5.32. The van der Waals surface area contributed by atoms with Gasteiger partial charge in [0, 0.05) is 31.6 Å². The molecule has 20 heavy (non-hydrogen) atoms. The topological polar surface area (TPSA) is 43.4 Å². The molecule has 0 saturated carbocycles. The fourth-order valence-electron chi connectivity index (χ4n) is 2.71. The van der Waals surface area contributed by atoms with E-state index in [0.29, 0.717) is 5.92 Å². The van der Waals surface area contributed by atoms with Crippen LogP contribution in [0.5, 0.6) is 0 Å². The van der Waals surface area contributed by atoms with Crippen LogP contribution in [-0.4, -0.2) is 39.0 Å². The van der Waals surface area contributed by atoms with E-state index in [1.807, 2.05) is 11.3 Å². The number of nitrogens with one attached hydrogen (secondary N) is 1. The van der Waals surface area contributed by atoms with Crippen LogP contribution in [0.2, 0.25) is 0 Å². The van der Waals surface area contributed by atoms with Crippen molar-refractivity contribution in [1.29, 1.82) is 0 Å². The first-order valence-corrected chi connectivity index (χ1v) is 8.27. The normalized spacial score (nSPS) is 17.8. The van der Waals surface area contributed by atoms with Crippen LogP contribution in [0.1, 0.15) is 41.4 Å². The van der Waals surface area contributed by atoms with E-state index in [1.54, 1.807) is 14.2 Å². The summed E-state index contributed by atoms with van der Waals surface area (Å²) in [7, 11) is 3.49. The number of hydrogen-bond acceptors (Lipinski definition) is 5. The van der Waals surface area contributed by atoms with Crippen LogP contribution in [0.4, 0.5) is 0 Å². The Labute approximate surface area is 125 Å². The summed E-state index contributed by atoms with van der Waals surface area (Å²) >= 11 is 1.89. The van der Waals surface area contributed by atoms with Gasteiger partial charge in [-0.1, -0.05) is 6.92 Å². The molecule has 0 aliphatic heterocycles. The average Bonchev–Trinajstić information content (AvgIpc) is 2.87. The molecule has 0 amide bonds. The van der Waals surface area contributed by atoms with E-state index in [1.165, 1.54) is 34.8 Å². The number of fused-ring (bicyclic) bond motifs is 1. The number of thiazole rings is 1. The van der Waals surface area contributed by atoms with Crippen molar-refractivity contribution in [1.82, 2.24) is 10.3 Å². The van der Waals surface area contributed by atoms with E-state index in [-0.39, 0.29) is 6.04 Å². The van der Waals surface area contributed by atoms with Gasteiger partial charge < -0.3 is 14.8 Å². The zero-order valence-electron chi connectivity index (χ0n) is 12.8. The second-order valence-corrected chi connectivity index (χ2v) is 6.60. The SMILES string of the molecule is COCCNC(c1nc2c(s1)CCCC2)C(C)COC. The lowest BCUT2D eigenvalue weighted by molar-refractivity contribution is 0.133. The molecule has 1 aromatic rings. The predicted octanol–water partition coefficient (Wildman–Crippen LogP) is 2.58. The van der Waals surface area contributed by atoms with Gasteiger partial charge in [-0.25, -0.2) is 4.98 Å². The highest BCUT2D eigenvalue weighted by Gasteiger charge is 2.25. The van der Waals surface area contributed by atoms with Crippen molar-refractivity contribution in [3.63, 3.8) is 0 Å². The average molecular weight is 298 g/mol. The Hall–Kier alpha value is -0.490. The Morgan fingerprint density at radius 1 is 1.25 bits per heavy atom. The molecule has 5 heteroatoms. The molecular formula is C15H26N2O2S. The molecule has 1 heterocycles. The highest BCUT2D eigenvalue weighted by atomic mass is 32.1. The van der Waals surface area contributed by atoms with Crippen LogP contribution in [0.25, 0.3) is 0 Å². The van der Waals surface area contributed by atoms with Crippen molar-refractivity contribution in [2.24, 2.45) is 5.92 Å². The highest BCUT2D eigenvalue weighted by molar-refractivity contribution is 7.11. The molecule has 0 aromatic carbocycles. The third-order valence-corrected chi connectivity index (χ3v) is 5.04. The summed E-state index contributed by atoms with van der Waals surface area (Å²) in [4.78, 5) is 6.39. The van der Waals surface area contributed by atoms with Crippen LogP contribution in [0.3, 0.4) is 0 Å². The summed E-state index contributed by atoms with van der Waals surface area (Å²) in [6.07, 6.45) is 4.95. The van der Waals surface area contributed by atoms with E-state index in [2.05, 4.69) is 12.2 Å². The number of hydrogen-bond donors (Lipinski definition) is 1. The van der Waals surface area contributed by atoms with Gasteiger partial charge in [0.2, 0.25) is 0 Å².